The molecule has 0 bridgehead atoms. The zero-order valence-electron chi connectivity index (χ0n) is 17.1. The molecule has 3 aromatic rings. The molecule has 0 saturated carbocycles. The van der Waals surface area contributed by atoms with Crippen molar-refractivity contribution in [3.63, 3.8) is 0 Å². The first-order chi connectivity index (χ1) is 14.2. The van der Waals surface area contributed by atoms with Gasteiger partial charge in [0.1, 0.15) is 5.82 Å². The van der Waals surface area contributed by atoms with Gasteiger partial charge in [0.15, 0.2) is 0 Å². The average molecular weight is 386 g/mol. The van der Waals surface area contributed by atoms with Crippen molar-refractivity contribution in [1.82, 2.24) is 0 Å². The Hall–Kier alpha value is -3.00. The lowest BCUT2D eigenvalue weighted by Crippen LogP contribution is -1.88. The van der Waals surface area contributed by atoms with Crippen LogP contribution in [0.25, 0.3) is 11.1 Å². The first-order valence-corrected chi connectivity index (χ1v) is 10.3. The molecule has 0 spiro atoms. The lowest BCUT2D eigenvalue weighted by atomic mass is 10.0. The minimum Gasteiger partial charge on any atom is -0.256 e. The van der Waals surface area contributed by atoms with Crippen LogP contribution in [0.2, 0.25) is 0 Å². The van der Waals surface area contributed by atoms with E-state index in [1.165, 1.54) is 17.2 Å². The van der Waals surface area contributed by atoms with Gasteiger partial charge in [-0.25, -0.2) is 4.39 Å². The van der Waals surface area contributed by atoms with Crippen LogP contribution in [-0.2, 0) is 12.8 Å². The van der Waals surface area contributed by atoms with E-state index in [0.717, 1.165) is 43.2 Å². The summed E-state index contributed by atoms with van der Waals surface area (Å²) in [6.45, 7) is 5.91. The number of nitrogens with zero attached hydrogens (tertiary/aromatic N) is 1. The second-order valence-corrected chi connectivity index (χ2v) is 7.29. The molecule has 1 nitrogen and oxygen atoms in total. The summed E-state index contributed by atoms with van der Waals surface area (Å²) in [6.07, 6.45) is 9.09. The van der Waals surface area contributed by atoms with E-state index in [1.807, 2.05) is 24.3 Å². The fourth-order valence-corrected chi connectivity index (χ4v) is 3.33. The molecule has 2 heteroatoms. The monoisotopic (exact) mass is 385 g/mol. The number of hydrogen-bond acceptors (Lipinski definition) is 1. The van der Waals surface area contributed by atoms with Crippen LogP contribution < -0.4 is 0 Å². The zero-order chi connectivity index (χ0) is 20.5. The Labute approximate surface area is 173 Å². The molecule has 3 rings (SSSR count). The summed E-state index contributed by atoms with van der Waals surface area (Å²) in [7, 11) is 0. The van der Waals surface area contributed by atoms with E-state index in [1.54, 1.807) is 12.3 Å². The van der Waals surface area contributed by atoms with Gasteiger partial charge in [0.05, 0.1) is 5.69 Å². The highest BCUT2D eigenvalue weighted by atomic mass is 19.1. The predicted molar refractivity (Wildman–Crippen MR) is 123 cm³/mol. The van der Waals surface area contributed by atoms with Gasteiger partial charge in [-0.15, -0.1) is 6.58 Å². The van der Waals surface area contributed by atoms with Gasteiger partial charge in [-0.1, -0.05) is 68.0 Å². The Balaban J connectivity index is 1.67. The van der Waals surface area contributed by atoms with Gasteiger partial charge >= 0.3 is 0 Å². The van der Waals surface area contributed by atoms with Crippen LogP contribution in [0.4, 0.5) is 10.1 Å². The van der Waals surface area contributed by atoms with Gasteiger partial charge < -0.3 is 0 Å². The summed E-state index contributed by atoms with van der Waals surface area (Å²) >= 11 is 0. The fourth-order valence-electron chi connectivity index (χ4n) is 3.33. The second-order valence-electron chi connectivity index (χ2n) is 7.29. The van der Waals surface area contributed by atoms with E-state index in [9.17, 15) is 4.39 Å². The smallest absolute Gasteiger partial charge is 0.133 e. The normalized spacial score (nSPS) is 11.1. The highest BCUT2D eigenvalue weighted by Gasteiger charge is 2.06. The Morgan fingerprint density at radius 2 is 1.59 bits per heavy atom. The van der Waals surface area contributed by atoms with Crippen LogP contribution in [0.5, 0.6) is 0 Å². The van der Waals surface area contributed by atoms with Crippen LogP contribution >= 0.6 is 0 Å². The fraction of sp³-hybridized carbons (Fsp3) is 0.222. The van der Waals surface area contributed by atoms with Crippen molar-refractivity contribution in [2.45, 2.75) is 39.0 Å². The lowest BCUT2D eigenvalue weighted by Gasteiger charge is -2.06. The molecule has 0 aliphatic heterocycles. The third-order valence-electron chi connectivity index (χ3n) is 4.97. The molecular formula is C27H28FN. The van der Waals surface area contributed by atoms with Crippen LogP contribution in [0.15, 0.2) is 84.4 Å². The molecule has 148 valence electrons. The van der Waals surface area contributed by atoms with E-state index in [4.69, 9.17) is 0 Å². The number of unbranched alkanes of at least 4 members (excludes halogenated alkanes) is 1. The summed E-state index contributed by atoms with van der Waals surface area (Å²) in [5, 5.41) is 0. The first kappa shape index (κ1) is 20.7. The minimum absolute atomic E-state index is 0.250. The molecule has 0 fully saturated rings. The van der Waals surface area contributed by atoms with Crippen LogP contribution in [0.3, 0.4) is 0 Å². The molecular weight excluding hydrogens is 357 g/mol. The van der Waals surface area contributed by atoms with Crippen LogP contribution in [0.1, 0.15) is 42.9 Å². The average Bonchev–Trinajstić information content (AvgIpc) is 2.74. The largest absolute Gasteiger partial charge is 0.256 e. The minimum atomic E-state index is -0.250. The molecule has 0 unspecified atom stereocenters. The third-order valence-corrected chi connectivity index (χ3v) is 4.97. The standard InChI is InChI=1S/C27H28FN/c1-3-5-6-8-22-9-11-23(12-10-22)20-29-25-17-18-26(27(28)19-25)24-15-13-21(7-4-2)14-16-24/h3,9-20H,1,4-8H2,2H3. The van der Waals surface area contributed by atoms with Gasteiger partial charge in [0.25, 0.3) is 0 Å². The Bertz CT molecular complexity index is 953. The molecule has 0 atom stereocenters. The molecule has 29 heavy (non-hydrogen) atoms. The lowest BCUT2D eigenvalue weighted by molar-refractivity contribution is 0.631. The van der Waals surface area contributed by atoms with E-state index in [-0.39, 0.29) is 5.82 Å². The summed E-state index contributed by atoms with van der Waals surface area (Å²) in [5.41, 5.74) is 5.71. The molecule has 0 aliphatic rings. The molecule has 0 heterocycles. The first-order valence-electron chi connectivity index (χ1n) is 10.3. The maximum Gasteiger partial charge on any atom is 0.133 e. The van der Waals surface area contributed by atoms with Crippen molar-refractivity contribution >= 4 is 11.9 Å². The number of allylic oxidation sites excluding steroid dienone is 1. The van der Waals surface area contributed by atoms with Gasteiger partial charge in [0, 0.05) is 17.8 Å². The summed E-state index contributed by atoms with van der Waals surface area (Å²) in [5.74, 6) is -0.250. The Kier molecular flexibility index (Phi) is 7.52. The molecule has 0 radical (unpaired) electrons. The van der Waals surface area contributed by atoms with Crippen molar-refractivity contribution in [2.24, 2.45) is 4.99 Å². The number of aliphatic imine (C=N–C) groups is 1. The van der Waals surface area contributed by atoms with Gasteiger partial charge in [-0.05, 0) is 60.1 Å². The van der Waals surface area contributed by atoms with E-state index in [0.29, 0.717) is 11.3 Å². The molecule has 0 N–H and O–H groups in total. The summed E-state index contributed by atoms with van der Waals surface area (Å²) in [6, 6.07) is 21.6. The molecule has 0 aromatic heterocycles. The SMILES string of the molecule is C=CCCCc1ccc(C=Nc2ccc(-c3ccc(CCC)cc3)c(F)c2)cc1. The third kappa shape index (κ3) is 5.99. The Morgan fingerprint density at radius 1 is 0.897 bits per heavy atom. The van der Waals surface area contributed by atoms with Gasteiger partial charge in [-0.3, -0.25) is 4.99 Å². The van der Waals surface area contributed by atoms with Crippen molar-refractivity contribution in [2.75, 3.05) is 0 Å². The molecule has 0 aliphatic carbocycles. The van der Waals surface area contributed by atoms with Gasteiger partial charge in [0.2, 0.25) is 0 Å². The predicted octanol–water partition coefficient (Wildman–Crippen LogP) is 7.70. The molecule has 0 amide bonds. The Morgan fingerprint density at radius 3 is 2.24 bits per heavy atom. The highest BCUT2D eigenvalue weighted by Crippen LogP contribution is 2.27. The van der Waals surface area contributed by atoms with E-state index in [2.05, 4.69) is 54.9 Å². The number of aryl methyl sites for hydroxylation is 2. The van der Waals surface area contributed by atoms with Crippen LogP contribution in [-0.4, -0.2) is 6.21 Å². The van der Waals surface area contributed by atoms with E-state index < -0.39 is 0 Å². The maximum atomic E-state index is 14.6. The summed E-state index contributed by atoms with van der Waals surface area (Å²) in [4.78, 5) is 4.44. The number of rotatable bonds is 9. The second kappa shape index (κ2) is 10.5. The van der Waals surface area contributed by atoms with E-state index >= 15 is 0 Å². The number of benzene rings is 3. The summed E-state index contributed by atoms with van der Waals surface area (Å²) < 4.78 is 14.6. The topological polar surface area (TPSA) is 12.4 Å². The molecule has 0 saturated heterocycles. The van der Waals surface area contributed by atoms with Crippen molar-refractivity contribution in [3.05, 3.63) is 102 Å². The van der Waals surface area contributed by atoms with Crippen molar-refractivity contribution in [3.8, 4) is 11.1 Å². The van der Waals surface area contributed by atoms with Crippen molar-refractivity contribution < 1.29 is 4.39 Å². The van der Waals surface area contributed by atoms with Crippen molar-refractivity contribution in [1.29, 1.82) is 0 Å². The maximum absolute atomic E-state index is 14.6. The quantitative estimate of drug-likeness (QED) is 0.203. The molecule has 3 aromatic carbocycles. The zero-order valence-corrected chi connectivity index (χ0v) is 17.1. The number of halogens is 1. The van der Waals surface area contributed by atoms with Gasteiger partial charge in [-0.2, -0.15) is 0 Å². The van der Waals surface area contributed by atoms with Crippen LogP contribution in [0, 0.1) is 5.82 Å². The number of hydrogen-bond donors (Lipinski definition) is 0. The highest BCUT2D eigenvalue weighted by molar-refractivity contribution is 5.82.